The molecule has 2 rings (SSSR count). The number of halogens is 1. The molecule has 0 saturated heterocycles. The van der Waals surface area contributed by atoms with Crippen molar-refractivity contribution in [2.24, 2.45) is 0 Å². The van der Waals surface area contributed by atoms with Crippen molar-refractivity contribution in [3.05, 3.63) is 63.6 Å². The third-order valence-electron chi connectivity index (χ3n) is 5.87. The number of aryl methyl sites for hydroxylation is 2. The molecule has 0 heterocycles. The number of hydrogen-bond acceptors (Lipinski definition) is 4. The van der Waals surface area contributed by atoms with Crippen LogP contribution in [0.2, 0.25) is 0 Å². The fourth-order valence-electron chi connectivity index (χ4n) is 3.37. The van der Waals surface area contributed by atoms with Crippen molar-refractivity contribution in [1.82, 2.24) is 10.2 Å². The van der Waals surface area contributed by atoms with Crippen LogP contribution < -0.4 is 9.62 Å². The lowest BCUT2D eigenvalue weighted by Gasteiger charge is -2.32. The normalized spacial score (nSPS) is 13.1. The third kappa shape index (κ3) is 7.56. The molecule has 2 aromatic carbocycles. The zero-order chi connectivity index (χ0) is 25.6. The van der Waals surface area contributed by atoms with E-state index in [9.17, 15) is 18.0 Å². The second kappa shape index (κ2) is 11.8. The van der Waals surface area contributed by atoms with E-state index < -0.39 is 28.5 Å². The Morgan fingerprint density at radius 2 is 1.74 bits per heavy atom. The smallest absolute Gasteiger partial charge is 0.244 e. The van der Waals surface area contributed by atoms with Gasteiger partial charge in [-0.3, -0.25) is 13.9 Å². The van der Waals surface area contributed by atoms with Crippen molar-refractivity contribution in [3.8, 4) is 0 Å². The highest BCUT2D eigenvalue weighted by Crippen LogP contribution is 2.22. The molecular weight excluding hydrogens is 518 g/mol. The molecule has 1 N–H and O–H groups in total. The summed E-state index contributed by atoms with van der Waals surface area (Å²) in [6.07, 6.45) is 1.83. The number of hydrogen-bond donors (Lipinski definition) is 1. The number of nitrogens with zero attached hydrogens (tertiary/aromatic N) is 2. The number of carbonyl (C=O) groups excluding carboxylic acids is 2. The van der Waals surface area contributed by atoms with E-state index in [1.54, 1.807) is 19.1 Å². The molecule has 2 aromatic rings. The second-order valence-electron chi connectivity index (χ2n) is 8.68. The zero-order valence-corrected chi connectivity index (χ0v) is 23.0. The predicted octanol–water partition coefficient (Wildman–Crippen LogP) is 4.16. The van der Waals surface area contributed by atoms with E-state index in [1.165, 1.54) is 4.90 Å². The van der Waals surface area contributed by atoms with Gasteiger partial charge < -0.3 is 10.2 Å². The maximum Gasteiger partial charge on any atom is 0.244 e. The van der Waals surface area contributed by atoms with Crippen molar-refractivity contribution >= 4 is 43.5 Å². The average Bonchev–Trinajstić information content (AvgIpc) is 2.76. The minimum Gasteiger partial charge on any atom is -0.352 e. The van der Waals surface area contributed by atoms with Gasteiger partial charge in [0.15, 0.2) is 0 Å². The Labute approximate surface area is 211 Å². The van der Waals surface area contributed by atoms with Crippen LogP contribution in [0.4, 0.5) is 5.69 Å². The van der Waals surface area contributed by atoms with Crippen LogP contribution in [-0.2, 0) is 26.2 Å². The molecule has 0 aliphatic carbocycles. The lowest BCUT2D eigenvalue weighted by molar-refractivity contribution is -0.139. The summed E-state index contributed by atoms with van der Waals surface area (Å²) in [5.41, 5.74) is 3.18. The van der Waals surface area contributed by atoms with E-state index in [0.29, 0.717) is 5.69 Å². The minimum atomic E-state index is -3.75. The summed E-state index contributed by atoms with van der Waals surface area (Å²) in [5, 5.41) is 2.92. The van der Waals surface area contributed by atoms with Crippen LogP contribution in [0.25, 0.3) is 0 Å². The molecule has 0 fully saturated rings. The Bertz CT molecular complexity index is 1140. The third-order valence-corrected chi connectivity index (χ3v) is 7.50. The summed E-state index contributed by atoms with van der Waals surface area (Å²) >= 11 is 3.44. The number of amides is 2. The summed E-state index contributed by atoms with van der Waals surface area (Å²) in [7, 11) is -3.75. The van der Waals surface area contributed by atoms with Gasteiger partial charge in [-0.05, 0) is 75.1 Å². The van der Waals surface area contributed by atoms with Crippen molar-refractivity contribution < 1.29 is 18.0 Å². The van der Waals surface area contributed by atoms with Crippen LogP contribution in [-0.4, -0.2) is 50.0 Å². The molecule has 9 heteroatoms. The van der Waals surface area contributed by atoms with Gasteiger partial charge in [0.05, 0.1) is 11.9 Å². The van der Waals surface area contributed by atoms with Gasteiger partial charge in [0.25, 0.3) is 0 Å². The molecule has 0 aromatic heterocycles. The number of sulfonamides is 1. The number of anilines is 1. The number of benzene rings is 2. The fourth-order valence-corrected chi connectivity index (χ4v) is 4.66. The number of carbonyl (C=O) groups is 2. The highest BCUT2D eigenvalue weighted by Gasteiger charge is 2.30. The molecule has 0 saturated carbocycles. The quantitative estimate of drug-likeness (QED) is 0.480. The first-order chi connectivity index (χ1) is 15.8. The van der Waals surface area contributed by atoms with Crippen LogP contribution in [0.1, 0.15) is 43.9 Å². The van der Waals surface area contributed by atoms with Crippen LogP contribution in [0.5, 0.6) is 0 Å². The molecule has 0 bridgehead atoms. The lowest BCUT2D eigenvalue weighted by atomic mass is 10.1. The topological polar surface area (TPSA) is 86.8 Å². The van der Waals surface area contributed by atoms with E-state index in [2.05, 4.69) is 21.2 Å². The van der Waals surface area contributed by atoms with Crippen molar-refractivity contribution in [2.75, 3.05) is 17.1 Å². The largest absolute Gasteiger partial charge is 0.352 e. The Hall–Kier alpha value is -2.39. The fraction of sp³-hybridized carbons (Fsp3) is 0.440. The van der Waals surface area contributed by atoms with Gasteiger partial charge in [-0.15, -0.1) is 0 Å². The van der Waals surface area contributed by atoms with Crippen LogP contribution >= 0.6 is 15.9 Å². The van der Waals surface area contributed by atoms with E-state index in [4.69, 9.17) is 0 Å². The maximum absolute atomic E-state index is 13.5. The Morgan fingerprint density at radius 3 is 2.29 bits per heavy atom. The molecule has 2 atom stereocenters. The minimum absolute atomic E-state index is 0.0409. The molecule has 2 amide bonds. The van der Waals surface area contributed by atoms with E-state index >= 15 is 0 Å². The summed E-state index contributed by atoms with van der Waals surface area (Å²) in [4.78, 5) is 27.9. The molecule has 0 aliphatic heterocycles. The van der Waals surface area contributed by atoms with Crippen molar-refractivity contribution in [3.63, 3.8) is 0 Å². The maximum atomic E-state index is 13.5. The van der Waals surface area contributed by atoms with Gasteiger partial charge in [0.1, 0.15) is 12.6 Å². The monoisotopic (exact) mass is 551 g/mol. The molecule has 0 aliphatic rings. The van der Waals surface area contributed by atoms with E-state index in [-0.39, 0.29) is 18.5 Å². The van der Waals surface area contributed by atoms with E-state index in [0.717, 1.165) is 38.1 Å². The van der Waals surface area contributed by atoms with Gasteiger partial charge in [0, 0.05) is 17.1 Å². The van der Waals surface area contributed by atoms with Crippen LogP contribution in [0.3, 0.4) is 0 Å². The number of rotatable bonds is 10. The molecular formula is C25H34BrN3O4S. The zero-order valence-electron chi connectivity index (χ0n) is 20.6. The van der Waals surface area contributed by atoms with Gasteiger partial charge in [-0.2, -0.15) is 0 Å². The van der Waals surface area contributed by atoms with Crippen molar-refractivity contribution in [1.29, 1.82) is 0 Å². The summed E-state index contributed by atoms with van der Waals surface area (Å²) in [5.74, 6) is -0.745. The van der Waals surface area contributed by atoms with Gasteiger partial charge in [0.2, 0.25) is 21.8 Å². The SMILES string of the molecule is CC[C@H](C)NC(=O)[C@H](C)N(Cc1cccc(Br)c1)C(=O)CN(c1ccc(C)c(C)c1)S(C)(=O)=O. The first-order valence-electron chi connectivity index (χ1n) is 11.2. The molecule has 7 nitrogen and oxygen atoms in total. The Balaban J connectivity index is 2.41. The molecule has 34 heavy (non-hydrogen) atoms. The van der Waals surface area contributed by atoms with Gasteiger partial charge >= 0.3 is 0 Å². The average molecular weight is 553 g/mol. The Morgan fingerprint density at radius 1 is 1.06 bits per heavy atom. The van der Waals surface area contributed by atoms with Gasteiger partial charge in [-0.1, -0.05) is 41.1 Å². The van der Waals surface area contributed by atoms with Crippen LogP contribution in [0.15, 0.2) is 46.9 Å². The molecule has 0 radical (unpaired) electrons. The van der Waals surface area contributed by atoms with E-state index in [1.807, 2.05) is 58.0 Å². The Kier molecular flexibility index (Phi) is 9.70. The lowest BCUT2D eigenvalue weighted by Crippen LogP contribution is -2.52. The summed E-state index contributed by atoms with van der Waals surface area (Å²) in [6.45, 7) is 9.11. The molecule has 0 unspecified atom stereocenters. The highest BCUT2D eigenvalue weighted by molar-refractivity contribution is 9.10. The summed E-state index contributed by atoms with van der Waals surface area (Å²) < 4.78 is 27.2. The van der Waals surface area contributed by atoms with Crippen LogP contribution in [0, 0.1) is 13.8 Å². The first-order valence-corrected chi connectivity index (χ1v) is 13.9. The molecule has 186 valence electrons. The first kappa shape index (κ1) is 27.9. The number of nitrogens with one attached hydrogen (secondary N) is 1. The second-order valence-corrected chi connectivity index (χ2v) is 11.5. The molecule has 0 spiro atoms. The van der Waals surface area contributed by atoms with Crippen molar-refractivity contribution in [2.45, 2.75) is 59.7 Å². The standard InChI is InChI=1S/C25H34BrN3O4S/c1-7-19(4)27-25(31)20(5)28(15-21-9-8-10-22(26)14-21)24(30)16-29(34(6,32)33)23-12-11-17(2)18(3)13-23/h8-14,19-20H,7,15-16H2,1-6H3,(H,27,31)/t19-,20-/m0/s1. The predicted molar refractivity (Wildman–Crippen MR) is 140 cm³/mol. The highest BCUT2D eigenvalue weighted by atomic mass is 79.9. The van der Waals surface area contributed by atoms with Gasteiger partial charge in [-0.25, -0.2) is 8.42 Å². The summed E-state index contributed by atoms with van der Waals surface area (Å²) in [6, 6.07) is 11.9.